The van der Waals surface area contributed by atoms with Crippen LogP contribution in [0, 0.1) is 12.7 Å². The van der Waals surface area contributed by atoms with E-state index in [-0.39, 0.29) is 5.82 Å². The van der Waals surface area contributed by atoms with Crippen molar-refractivity contribution in [1.29, 1.82) is 0 Å². The molecule has 0 amide bonds. The number of aryl methyl sites for hydroxylation is 1. The summed E-state index contributed by atoms with van der Waals surface area (Å²) < 4.78 is 13.5. The lowest BCUT2D eigenvalue weighted by Gasteiger charge is -2.12. The molecule has 0 radical (unpaired) electrons. The molecule has 1 heterocycles. The Labute approximate surface area is 124 Å². The number of anilines is 2. The fourth-order valence-corrected chi connectivity index (χ4v) is 2.05. The van der Waals surface area contributed by atoms with Gasteiger partial charge in [-0.1, -0.05) is 18.2 Å². The molecule has 0 atom stereocenters. The third-order valence-corrected chi connectivity index (χ3v) is 2.93. The maximum absolute atomic E-state index is 13.5. The van der Waals surface area contributed by atoms with E-state index in [9.17, 15) is 4.39 Å². The molecule has 0 spiro atoms. The first-order valence-electron chi connectivity index (χ1n) is 7.14. The molecule has 0 fully saturated rings. The van der Waals surface area contributed by atoms with Crippen molar-refractivity contribution in [3.8, 4) is 0 Å². The van der Waals surface area contributed by atoms with Crippen molar-refractivity contribution in [2.45, 2.75) is 33.2 Å². The standard InChI is InChI=1S/C16H21FN4/c1-11(2)19-16-10-15(20-12(3)21-16)18-9-8-13-6-4-5-7-14(13)17/h4-7,10-11H,8-9H2,1-3H3,(H2,18,19,20,21). The maximum Gasteiger partial charge on any atom is 0.131 e. The molecule has 2 aromatic rings. The first kappa shape index (κ1) is 15.2. The quantitative estimate of drug-likeness (QED) is 0.855. The number of halogens is 1. The Bertz CT molecular complexity index is 599. The van der Waals surface area contributed by atoms with E-state index in [1.165, 1.54) is 6.07 Å². The summed E-state index contributed by atoms with van der Waals surface area (Å²) in [6.45, 7) is 6.59. The minimum Gasteiger partial charge on any atom is -0.370 e. The molecule has 1 aromatic carbocycles. The van der Waals surface area contributed by atoms with Crippen LogP contribution in [0.25, 0.3) is 0 Å². The van der Waals surface area contributed by atoms with Crippen LogP contribution in [0.2, 0.25) is 0 Å². The summed E-state index contributed by atoms with van der Waals surface area (Å²) in [5.41, 5.74) is 0.705. The number of rotatable bonds is 6. The minimum atomic E-state index is -0.166. The Morgan fingerprint density at radius 1 is 1.14 bits per heavy atom. The molecule has 0 saturated carbocycles. The van der Waals surface area contributed by atoms with Crippen molar-refractivity contribution in [3.63, 3.8) is 0 Å². The van der Waals surface area contributed by atoms with E-state index in [1.54, 1.807) is 12.1 Å². The summed E-state index contributed by atoms with van der Waals surface area (Å²) in [6, 6.07) is 9.00. The molecule has 4 nitrogen and oxygen atoms in total. The fourth-order valence-electron chi connectivity index (χ4n) is 2.05. The fraction of sp³-hybridized carbons (Fsp3) is 0.375. The zero-order chi connectivity index (χ0) is 15.2. The summed E-state index contributed by atoms with van der Waals surface area (Å²) >= 11 is 0. The van der Waals surface area contributed by atoms with Gasteiger partial charge in [0.15, 0.2) is 0 Å². The lowest BCUT2D eigenvalue weighted by atomic mass is 10.1. The van der Waals surface area contributed by atoms with E-state index in [0.717, 1.165) is 11.6 Å². The Morgan fingerprint density at radius 3 is 2.57 bits per heavy atom. The molecule has 0 saturated heterocycles. The smallest absolute Gasteiger partial charge is 0.131 e. The highest BCUT2D eigenvalue weighted by Crippen LogP contribution is 2.13. The van der Waals surface area contributed by atoms with Crippen LogP contribution in [0.1, 0.15) is 25.2 Å². The van der Waals surface area contributed by atoms with Gasteiger partial charge in [0.1, 0.15) is 23.3 Å². The van der Waals surface area contributed by atoms with Gasteiger partial charge in [-0.15, -0.1) is 0 Å². The van der Waals surface area contributed by atoms with Gasteiger partial charge in [-0.05, 0) is 38.8 Å². The lowest BCUT2D eigenvalue weighted by molar-refractivity contribution is 0.610. The molecule has 21 heavy (non-hydrogen) atoms. The van der Waals surface area contributed by atoms with E-state index < -0.39 is 0 Å². The Balaban J connectivity index is 1.97. The third kappa shape index (κ3) is 4.70. The van der Waals surface area contributed by atoms with Crippen molar-refractivity contribution in [3.05, 3.63) is 47.5 Å². The van der Waals surface area contributed by atoms with Gasteiger partial charge >= 0.3 is 0 Å². The van der Waals surface area contributed by atoms with Gasteiger partial charge in [0, 0.05) is 18.7 Å². The van der Waals surface area contributed by atoms with E-state index >= 15 is 0 Å². The Hall–Kier alpha value is -2.17. The second kappa shape index (κ2) is 7.02. The topological polar surface area (TPSA) is 49.8 Å². The van der Waals surface area contributed by atoms with E-state index in [2.05, 4.69) is 34.4 Å². The van der Waals surface area contributed by atoms with E-state index in [1.807, 2.05) is 19.1 Å². The van der Waals surface area contributed by atoms with Crippen molar-refractivity contribution < 1.29 is 4.39 Å². The molecule has 2 rings (SSSR count). The number of aromatic nitrogens is 2. The molecule has 112 valence electrons. The molecule has 0 aliphatic rings. The third-order valence-electron chi connectivity index (χ3n) is 2.93. The monoisotopic (exact) mass is 288 g/mol. The summed E-state index contributed by atoms with van der Waals surface area (Å²) in [4.78, 5) is 8.67. The number of benzene rings is 1. The SMILES string of the molecule is Cc1nc(NCCc2ccccc2F)cc(NC(C)C)n1. The van der Waals surface area contributed by atoms with Crippen molar-refractivity contribution in [2.24, 2.45) is 0 Å². The first-order valence-corrected chi connectivity index (χ1v) is 7.14. The van der Waals surface area contributed by atoms with Gasteiger partial charge in [-0.3, -0.25) is 0 Å². The second-order valence-electron chi connectivity index (χ2n) is 5.25. The highest BCUT2D eigenvalue weighted by Gasteiger charge is 2.04. The van der Waals surface area contributed by atoms with Crippen LogP contribution in [0.5, 0.6) is 0 Å². The number of nitrogens with zero attached hydrogens (tertiary/aromatic N) is 2. The normalized spacial score (nSPS) is 10.7. The van der Waals surface area contributed by atoms with Crippen molar-refractivity contribution >= 4 is 11.6 Å². The molecule has 0 bridgehead atoms. The molecule has 0 aliphatic heterocycles. The van der Waals surface area contributed by atoms with Crippen LogP contribution in [0.3, 0.4) is 0 Å². The van der Waals surface area contributed by atoms with Gasteiger partial charge < -0.3 is 10.6 Å². The number of hydrogen-bond acceptors (Lipinski definition) is 4. The molecule has 1 aromatic heterocycles. The number of nitrogens with one attached hydrogen (secondary N) is 2. The molecule has 0 aliphatic carbocycles. The van der Waals surface area contributed by atoms with Crippen LogP contribution >= 0.6 is 0 Å². The zero-order valence-corrected chi connectivity index (χ0v) is 12.7. The molecule has 2 N–H and O–H groups in total. The van der Waals surface area contributed by atoms with Gasteiger partial charge in [0.25, 0.3) is 0 Å². The lowest BCUT2D eigenvalue weighted by Crippen LogP contribution is -2.13. The Morgan fingerprint density at radius 2 is 1.86 bits per heavy atom. The number of hydrogen-bond donors (Lipinski definition) is 2. The summed E-state index contributed by atoms with van der Waals surface area (Å²) in [5.74, 6) is 2.09. The first-order chi connectivity index (χ1) is 10.0. The molecular formula is C16H21FN4. The second-order valence-corrected chi connectivity index (χ2v) is 5.25. The average Bonchev–Trinajstić information content (AvgIpc) is 2.39. The van der Waals surface area contributed by atoms with Gasteiger partial charge in [0.2, 0.25) is 0 Å². The predicted molar refractivity (Wildman–Crippen MR) is 84.1 cm³/mol. The Kier molecular flexibility index (Phi) is 5.09. The maximum atomic E-state index is 13.5. The van der Waals surface area contributed by atoms with Gasteiger partial charge in [-0.25, -0.2) is 14.4 Å². The largest absolute Gasteiger partial charge is 0.370 e. The summed E-state index contributed by atoms with van der Waals surface area (Å²) in [5, 5.41) is 6.47. The summed E-state index contributed by atoms with van der Waals surface area (Å²) in [6.07, 6.45) is 0.614. The van der Waals surface area contributed by atoms with E-state index in [0.29, 0.717) is 30.4 Å². The predicted octanol–water partition coefficient (Wildman–Crippen LogP) is 3.40. The summed E-state index contributed by atoms with van der Waals surface area (Å²) in [7, 11) is 0. The molecule has 0 unspecified atom stereocenters. The zero-order valence-electron chi connectivity index (χ0n) is 12.7. The van der Waals surface area contributed by atoms with Gasteiger partial charge in [-0.2, -0.15) is 0 Å². The van der Waals surface area contributed by atoms with E-state index in [4.69, 9.17) is 0 Å². The average molecular weight is 288 g/mol. The minimum absolute atomic E-state index is 0.166. The molecule has 5 heteroatoms. The van der Waals surface area contributed by atoms with Gasteiger partial charge in [0.05, 0.1) is 0 Å². The van der Waals surface area contributed by atoms with Crippen LogP contribution in [0.4, 0.5) is 16.0 Å². The van der Waals surface area contributed by atoms with Crippen LogP contribution < -0.4 is 10.6 Å². The van der Waals surface area contributed by atoms with Crippen LogP contribution in [-0.2, 0) is 6.42 Å². The van der Waals surface area contributed by atoms with Crippen molar-refractivity contribution in [1.82, 2.24) is 9.97 Å². The van der Waals surface area contributed by atoms with Crippen LogP contribution in [-0.4, -0.2) is 22.6 Å². The molecular weight excluding hydrogens is 267 g/mol. The highest BCUT2D eigenvalue weighted by molar-refractivity contribution is 5.48. The van der Waals surface area contributed by atoms with Crippen LogP contribution in [0.15, 0.2) is 30.3 Å². The van der Waals surface area contributed by atoms with Crippen molar-refractivity contribution in [2.75, 3.05) is 17.2 Å². The highest BCUT2D eigenvalue weighted by atomic mass is 19.1.